The first-order chi connectivity index (χ1) is 9.15. The van der Waals surface area contributed by atoms with Crippen molar-refractivity contribution in [1.82, 2.24) is 4.98 Å². The van der Waals surface area contributed by atoms with Crippen molar-refractivity contribution in [2.24, 2.45) is 5.73 Å². The predicted octanol–water partition coefficient (Wildman–Crippen LogP) is 3.38. The molecular formula is C15H16ClFN2. The minimum atomic E-state index is -0.320. The Balaban J connectivity index is 1.89. The first-order valence-corrected chi connectivity index (χ1v) is 6.61. The lowest BCUT2D eigenvalue weighted by Gasteiger charge is -2.12. The standard InChI is InChI=1S/C15H16ClFN2/c16-15-10-13(17)3-2-12(15)9-14(18)4-1-11-5-7-19-8-6-11/h2-3,5-8,10,14H,1,4,9,18H2. The van der Waals surface area contributed by atoms with Gasteiger partial charge < -0.3 is 5.73 Å². The molecule has 1 aromatic carbocycles. The SMILES string of the molecule is NC(CCc1ccncc1)Cc1ccc(F)cc1Cl. The summed E-state index contributed by atoms with van der Waals surface area (Å²) in [6.07, 6.45) is 5.97. The van der Waals surface area contributed by atoms with Crippen LogP contribution in [0.25, 0.3) is 0 Å². The summed E-state index contributed by atoms with van der Waals surface area (Å²) in [4.78, 5) is 3.98. The summed E-state index contributed by atoms with van der Waals surface area (Å²) in [6, 6.07) is 8.42. The van der Waals surface area contributed by atoms with E-state index in [0.29, 0.717) is 11.4 Å². The Bertz CT molecular complexity index is 531. The Hall–Kier alpha value is -1.45. The van der Waals surface area contributed by atoms with E-state index in [1.54, 1.807) is 18.5 Å². The molecule has 2 N–H and O–H groups in total. The molecule has 0 aliphatic carbocycles. The van der Waals surface area contributed by atoms with Crippen molar-refractivity contribution in [2.75, 3.05) is 0 Å². The van der Waals surface area contributed by atoms with E-state index in [9.17, 15) is 4.39 Å². The second-order valence-corrected chi connectivity index (χ2v) is 5.00. The summed E-state index contributed by atoms with van der Waals surface area (Å²) in [6.45, 7) is 0. The van der Waals surface area contributed by atoms with Gasteiger partial charge in [-0.3, -0.25) is 4.98 Å². The molecule has 0 spiro atoms. The summed E-state index contributed by atoms with van der Waals surface area (Å²) >= 11 is 5.99. The number of nitrogens with zero attached hydrogens (tertiary/aromatic N) is 1. The van der Waals surface area contributed by atoms with Gasteiger partial charge in [0.15, 0.2) is 0 Å². The monoisotopic (exact) mass is 278 g/mol. The number of aryl methyl sites for hydroxylation is 1. The van der Waals surface area contributed by atoms with Crippen LogP contribution in [0.3, 0.4) is 0 Å². The van der Waals surface area contributed by atoms with Crippen LogP contribution in [-0.2, 0) is 12.8 Å². The Morgan fingerprint density at radius 3 is 2.63 bits per heavy atom. The van der Waals surface area contributed by atoms with Crippen molar-refractivity contribution in [3.63, 3.8) is 0 Å². The second kappa shape index (κ2) is 6.64. The lowest BCUT2D eigenvalue weighted by Crippen LogP contribution is -2.23. The van der Waals surface area contributed by atoms with Crippen LogP contribution in [0.4, 0.5) is 4.39 Å². The molecule has 100 valence electrons. The molecule has 1 unspecified atom stereocenters. The molecule has 4 heteroatoms. The zero-order valence-electron chi connectivity index (χ0n) is 10.5. The van der Waals surface area contributed by atoms with E-state index < -0.39 is 0 Å². The largest absolute Gasteiger partial charge is 0.327 e. The summed E-state index contributed by atoms with van der Waals surface area (Å²) in [5.74, 6) is -0.320. The van der Waals surface area contributed by atoms with Crippen molar-refractivity contribution in [3.05, 3.63) is 64.7 Å². The maximum atomic E-state index is 12.9. The second-order valence-electron chi connectivity index (χ2n) is 4.59. The van der Waals surface area contributed by atoms with Crippen molar-refractivity contribution in [3.8, 4) is 0 Å². The van der Waals surface area contributed by atoms with Gasteiger partial charge in [-0.15, -0.1) is 0 Å². The number of hydrogen-bond acceptors (Lipinski definition) is 2. The Kier molecular flexibility index (Phi) is 4.88. The highest BCUT2D eigenvalue weighted by atomic mass is 35.5. The van der Waals surface area contributed by atoms with Crippen molar-refractivity contribution in [2.45, 2.75) is 25.3 Å². The summed E-state index contributed by atoms with van der Waals surface area (Å²) < 4.78 is 12.9. The number of halogens is 2. The van der Waals surface area contributed by atoms with Crippen LogP contribution in [0, 0.1) is 5.82 Å². The van der Waals surface area contributed by atoms with E-state index in [1.165, 1.54) is 17.7 Å². The van der Waals surface area contributed by atoms with Crippen LogP contribution >= 0.6 is 11.6 Å². The molecule has 0 amide bonds. The quantitative estimate of drug-likeness (QED) is 0.911. The van der Waals surface area contributed by atoms with E-state index in [4.69, 9.17) is 17.3 Å². The van der Waals surface area contributed by atoms with Gasteiger partial charge in [0.1, 0.15) is 5.82 Å². The number of pyridine rings is 1. The number of benzene rings is 1. The van der Waals surface area contributed by atoms with Crippen molar-refractivity contribution >= 4 is 11.6 Å². The summed E-state index contributed by atoms with van der Waals surface area (Å²) in [5.41, 5.74) is 8.20. The molecule has 19 heavy (non-hydrogen) atoms. The number of aromatic nitrogens is 1. The highest BCUT2D eigenvalue weighted by molar-refractivity contribution is 6.31. The van der Waals surface area contributed by atoms with E-state index in [2.05, 4.69) is 4.98 Å². The van der Waals surface area contributed by atoms with Crippen LogP contribution in [0.15, 0.2) is 42.7 Å². The average molecular weight is 279 g/mol. The molecule has 1 atom stereocenters. The van der Waals surface area contributed by atoms with Gasteiger partial charge in [0.2, 0.25) is 0 Å². The van der Waals surface area contributed by atoms with Gasteiger partial charge in [0.25, 0.3) is 0 Å². The lowest BCUT2D eigenvalue weighted by molar-refractivity contribution is 0.605. The van der Waals surface area contributed by atoms with Gasteiger partial charge >= 0.3 is 0 Å². The van der Waals surface area contributed by atoms with Gasteiger partial charge in [0, 0.05) is 23.5 Å². The number of rotatable bonds is 5. The topological polar surface area (TPSA) is 38.9 Å². The molecule has 0 aliphatic rings. The first kappa shape index (κ1) is 14.0. The smallest absolute Gasteiger partial charge is 0.124 e. The zero-order chi connectivity index (χ0) is 13.7. The van der Waals surface area contributed by atoms with Crippen LogP contribution in [-0.4, -0.2) is 11.0 Å². The Morgan fingerprint density at radius 2 is 1.95 bits per heavy atom. The fraction of sp³-hybridized carbons (Fsp3) is 0.267. The van der Waals surface area contributed by atoms with Gasteiger partial charge in [0.05, 0.1) is 0 Å². The molecule has 0 aliphatic heterocycles. The minimum absolute atomic E-state index is 0.0103. The molecule has 1 aromatic heterocycles. The maximum absolute atomic E-state index is 12.9. The number of nitrogens with two attached hydrogens (primary N) is 1. The maximum Gasteiger partial charge on any atom is 0.124 e. The highest BCUT2D eigenvalue weighted by Crippen LogP contribution is 2.19. The van der Waals surface area contributed by atoms with E-state index >= 15 is 0 Å². The molecule has 0 bridgehead atoms. The van der Waals surface area contributed by atoms with Crippen LogP contribution in [0.1, 0.15) is 17.5 Å². The van der Waals surface area contributed by atoms with E-state index in [1.807, 2.05) is 12.1 Å². The zero-order valence-corrected chi connectivity index (χ0v) is 11.3. The van der Waals surface area contributed by atoms with E-state index in [0.717, 1.165) is 18.4 Å². The predicted molar refractivity (Wildman–Crippen MR) is 75.6 cm³/mol. The fourth-order valence-corrected chi connectivity index (χ4v) is 2.22. The molecule has 1 heterocycles. The molecule has 0 saturated carbocycles. The van der Waals surface area contributed by atoms with Gasteiger partial charge in [-0.25, -0.2) is 4.39 Å². The molecule has 0 radical (unpaired) electrons. The molecule has 2 nitrogen and oxygen atoms in total. The Morgan fingerprint density at radius 1 is 1.21 bits per heavy atom. The highest BCUT2D eigenvalue weighted by Gasteiger charge is 2.08. The van der Waals surface area contributed by atoms with Crippen molar-refractivity contribution < 1.29 is 4.39 Å². The molecule has 2 aromatic rings. The fourth-order valence-electron chi connectivity index (χ4n) is 1.97. The summed E-state index contributed by atoms with van der Waals surface area (Å²) in [5, 5.41) is 0.444. The number of hydrogen-bond donors (Lipinski definition) is 1. The van der Waals surface area contributed by atoms with Gasteiger partial charge in [-0.05, 0) is 54.7 Å². The van der Waals surface area contributed by atoms with Gasteiger partial charge in [-0.1, -0.05) is 17.7 Å². The normalized spacial score (nSPS) is 12.4. The first-order valence-electron chi connectivity index (χ1n) is 6.23. The third kappa shape index (κ3) is 4.30. The average Bonchev–Trinajstić information content (AvgIpc) is 2.41. The molecule has 0 fully saturated rings. The lowest BCUT2D eigenvalue weighted by atomic mass is 10.0. The van der Waals surface area contributed by atoms with E-state index in [-0.39, 0.29) is 11.9 Å². The molecule has 0 saturated heterocycles. The molecular weight excluding hydrogens is 263 g/mol. The van der Waals surface area contributed by atoms with Crippen LogP contribution in [0.5, 0.6) is 0 Å². The Labute approximate surface area is 117 Å². The van der Waals surface area contributed by atoms with Crippen LogP contribution < -0.4 is 5.73 Å². The minimum Gasteiger partial charge on any atom is -0.327 e. The van der Waals surface area contributed by atoms with Gasteiger partial charge in [-0.2, -0.15) is 0 Å². The van der Waals surface area contributed by atoms with Crippen LogP contribution in [0.2, 0.25) is 5.02 Å². The molecule has 2 rings (SSSR count). The third-order valence-corrected chi connectivity index (χ3v) is 3.40. The summed E-state index contributed by atoms with van der Waals surface area (Å²) in [7, 11) is 0. The third-order valence-electron chi connectivity index (χ3n) is 3.05. The van der Waals surface area contributed by atoms with Crippen molar-refractivity contribution in [1.29, 1.82) is 0 Å².